The molecule has 1 aliphatic rings. The minimum absolute atomic E-state index is 0.0491. The second-order valence-corrected chi connectivity index (χ2v) is 5.90. The lowest BCUT2D eigenvalue weighted by molar-refractivity contribution is -0.116. The Hall–Kier alpha value is -3.02. The summed E-state index contributed by atoms with van der Waals surface area (Å²) in [7, 11) is 0. The van der Waals surface area contributed by atoms with Gasteiger partial charge in [-0.05, 0) is 37.1 Å². The normalized spacial score (nSPS) is 13.0. The Balaban J connectivity index is 1.39. The highest BCUT2D eigenvalue weighted by Crippen LogP contribution is 2.22. The zero-order chi connectivity index (χ0) is 17.6. The summed E-state index contributed by atoms with van der Waals surface area (Å²) >= 11 is 0. The van der Waals surface area contributed by atoms with Crippen molar-refractivity contribution in [1.29, 1.82) is 0 Å². The van der Waals surface area contributed by atoms with Crippen molar-refractivity contribution >= 4 is 23.4 Å². The number of amides is 3. The van der Waals surface area contributed by atoms with E-state index in [1.165, 1.54) is 4.90 Å². The average Bonchev–Trinajstić information content (AvgIpc) is 2.87. The van der Waals surface area contributed by atoms with Crippen LogP contribution < -0.4 is 5.32 Å². The van der Waals surface area contributed by atoms with Crippen LogP contribution in [0.2, 0.25) is 0 Å². The fourth-order valence-corrected chi connectivity index (χ4v) is 2.83. The van der Waals surface area contributed by atoms with E-state index in [9.17, 15) is 14.4 Å². The number of unbranched alkanes of at least 4 members (excludes halogenated alkanes) is 2. The number of nitrogens with one attached hydrogen (secondary N) is 1. The molecule has 0 aliphatic carbocycles. The van der Waals surface area contributed by atoms with Gasteiger partial charge in [-0.3, -0.25) is 24.3 Å². The smallest absolute Gasteiger partial charge is 0.261 e. The lowest BCUT2D eigenvalue weighted by Crippen LogP contribution is -2.30. The summed E-state index contributed by atoms with van der Waals surface area (Å²) < 4.78 is 0. The van der Waals surface area contributed by atoms with Crippen LogP contribution in [0.3, 0.4) is 0 Å². The molecule has 1 N–H and O–H groups in total. The predicted molar refractivity (Wildman–Crippen MR) is 93.1 cm³/mol. The molecule has 0 bridgehead atoms. The number of benzene rings is 1. The summed E-state index contributed by atoms with van der Waals surface area (Å²) in [6, 6.07) is 10.3. The third-order valence-corrected chi connectivity index (χ3v) is 4.13. The molecule has 0 radical (unpaired) electrons. The second kappa shape index (κ2) is 7.70. The van der Waals surface area contributed by atoms with E-state index in [0.717, 1.165) is 12.1 Å². The van der Waals surface area contributed by atoms with E-state index < -0.39 is 0 Å². The monoisotopic (exact) mass is 337 g/mol. The number of nitrogens with zero attached hydrogens (tertiary/aromatic N) is 2. The Morgan fingerprint density at radius 3 is 2.20 bits per heavy atom. The molecule has 1 aliphatic heterocycles. The van der Waals surface area contributed by atoms with Gasteiger partial charge >= 0.3 is 0 Å². The number of imide groups is 1. The molecule has 0 saturated carbocycles. The molecular formula is C19H19N3O3. The maximum absolute atomic E-state index is 12.2. The number of anilines is 1. The minimum atomic E-state index is -0.226. The second-order valence-electron chi connectivity index (χ2n) is 5.90. The fraction of sp³-hybridized carbons (Fsp3) is 0.263. The van der Waals surface area contributed by atoms with Gasteiger partial charge in [-0.25, -0.2) is 0 Å². The first-order valence-electron chi connectivity index (χ1n) is 8.32. The van der Waals surface area contributed by atoms with Crippen molar-refractivity contribution in [2.45, 2.75) is 25.7 Å². The lowest BCUT2D eigenvalue weighted by atomic mass is 10.1. The SMILES string of the molecule is O=C(CCCCCN1C(=O)c2ccccc2C1=O)Nc1ccncc1. The third-order valence-electron chi connectivity index (χ3n) is 4.13. The van der Waals surface area contributed by atoms with Crippen molar-refractivity contribution in [3.8, 4) is 0 Å². The highest BCUT2D eigenvalue weighted by Gasteiger charge is 2.34. The number of fused-ring (bicyclic) bond motifs is 1. The number of rotatable bonds is 7. The van der Waals surface area contributed by atoms with Gasteiger partial charge in [-0.1, -0.05) is 18.6 Å². The Kier molecular flexibility index (Phi) is 5.18. The molecule has 0 spiro atoms. The molecular weight excluding hydrogens is 318 g/mol. The Morgan fingerprint density at radius 1 is 0.920 bits per heavy atom. The fourth-order valence-electron chi connectivity index (χ4n) is 2.83. The molecule has 2 heterocycles. The zero-order valence-electron chi connectivity index (χ0n) is 13.8. The molecule has 3 rings (SSSR count). The van der Waals surface area contributed by atoms with Gasteiger partial charge in [-0.15, -0.1) is 0 Å². The summed E-state index contributed by atoms with van der Waals surface area (Å²) in [4.78, 5) is 41.5. The molecule has 1 aromatic heterocycles. The Morgan fingerprint density at radius 2 is 1.56 bits per heavy atom. The average molecular weight is 337 g/mol. The van der Waals surface area contributed by atoms with Crippen molar-refractivity contribution in [2.75, 3.05) is 11.9 Å². The molecule has 0 atom stereocenters. The van der Waals surface area contributed by atoms with Gasteiger partial charge in [0.2, 0.25) is 5.91 Å². The number of carbonyl (C=O) groups excluding carboxylic acids is 3. The van der Waals surface area contributed by atoms with Crippen molar-refractivity contribution in [1.82, 2.24) is 9.88 Å². The number of carbonyl (C=O) groups is 3. The van der Waals surface area contributed by atoms with Gasteiger partial charge in [0, 0.05) is 31.0 Å². The van der Waals surface area contributed by atoms with Gasteiger partial charge < -0.3 is 5.32 Å². The highest BCUT2D eigenvalue weighted by atomic mass is 16.2. The third kappa shape index (κ3) is 3.91. The van der Waals surface area contributed by atoms with E-state index in [2.05, 4.69) is 10.3 Å². The molecule has 128 valence electrons. The van der Waals surface area contributed by atoms with Crippen LogP contribution in [-0.2, 0) is 4.79 Å². The first-order valence-corrected chi connectivity index (χ1v) is 8.32. The van der Waals surface area contributed by atoms with Crippen molar-refractivity contribution in [2.24, 2.45) is 0 Å². The standard InChI is InChI=1S/C19H19N3O3/c23-17(21-14-9-11-20-12-10-14)8-2-1-5-13-22-18(24)15-6-3-4-7-16(15)19(22)25/h3-4,6-7,9-12H,1-2,5,8,13H2,(H,20,21,23). The number of hydrogen-bond donors (Lipinski definition) is 1. The zero-order valence-corrected chi connectivity index (χ0v) is 13.8. The van der Waals surface area contributed by atoms with Gasteiger partial charge in [0.25, 0.3) is 11.8 Å². The van der Waals surface area contributed by atoms with Crippen molar-refractivity contribution in [3.63, 3.8) is 0 Å². The van der Waals surface area contributed by atoms with E-state index in [4.69, 9.17) is 0 Å². The number of pyridine rings is 1. The van der Waals surface area contributed by atoms with Crippen LogP contribution >= 0.6 is 0 Å². The van der Waals surface area contributed by atoms with Gasteiger partial charge in [-0.2, -0.15) is 0 Å². The van der Waals surface area contributed by atoms with E-state index in [1.807, 2.05) is 0 Å². The summed E-state index contributed by atoms with van der Waals surface area (Å²) in [5, 5.41) is 2.80. The topological polar surface area (TPSA) is 79.4 Å². The minimum Gasteiger partial charge on any atom is -0.326 e. The van der Waals surface area contributed by atoms with E-state index in [1.54, 1.807) is 48.8 Å². The van der Waals surface area contributed by atoms with Gasteiger partial charge in [0.05, 0.1) is 11.1 Å². The lowest BCUT2D eigenvalue weighted by Gasteiger charge is -2.13. The first kappa shape index (κ1) is 16.8. The van der Waals surface area contributed by atoms with Crippen LogP contribution in [0.15, 0.2) is 48.8 Å². The van der Waals surface area contributed by atoms with Crippen LogP contribution in [0.5, 0.6) is 0 Å². The van der Waals surface area contributed by atoms with Crippen LogP contribution in [0.1, 0.15) is 46.4 Å². The van der Waals surface area contributed by atoms with E-state index >= 15 is 0 Å². The van der Waals surface area contributed by atoms with E-state index in [-0.39, 0.29) is 17.7 Å². The predicted octanol–water partition coefficient (Wildman–Crippen LogP) is 2.88. The summed E-state index contributed by atoms with van der Waals surface area (Å²) in [5.41, 5.74) is 1.68. The van der Waals surface area contributed by atoms with Crippen molar-refractivity contribution < 1.29 is 14.4 Å². The molecule has 0 fully saturated rings. The number of aromatic nitrogens is 1. The Bertz CT molecular complexity index is 755. The number of hydrogen-bond acceptors (Lipinski definition) is 4. The quantitative estimate of drug-likeness (QED) is 0.622. The molecule has 0 unspecified atom stereocenters. The van der Waals surface area contributed by atoms with Gasteiger partial charge in [0.1, 0.15) is 0 Å². The molecule has 6 heteroatoms. The Labute approximate surface area is 145 Å². The van der Waals surface area contributed by atoms with Crippen molar-refractivity contribution in [3.05, 3.63) is 59.9 Å². The summed E-state index contributed by atoms with van der Waals surface area (Å²) in [6.45, 7) is 0.387. The van der Waals surface area contributed by atoms with Crippen LogP contribution in [-0.4, -0.2) is 34.2 Å². The van der Waals surface area contributed by atoms with Gasteiger partial charge in [0.15, 0.2) is 0 Å². The van der Waals surface area contributed by atoms with Crippen LogP contribution in [0.4, 0.5) is 5.69 Å². The molecule has 0 saturated heterocycles. The molecule has 25 heavy (non-hydrogen) atoms. The summed E-state index contributed by atoms with van der Waals surface area (Å²) in [5.74, 6) is -0.501. The van der Waals surface area contributed by atoms with Crippen LogP contribution in [0, 0.1) is 0 Å². The molecule has 1 aromatic carbocycles. The first-order chi connectivity index (χ1) is 12.2. The molecule has 3 amide bonds. The maximum Gasteiger partial charge on any atom is 0.261 e. The molecule has 6 nitrogen and oxygen atoms in total. The maximum atomic E-state index is 12.2. The highest BCUT2D eigenvalue weighted by molar-refractivity contribution is 6.21. The van der Waals surface area contributed by atoms with Crippen LogP contribution in [0.25, 0.3) is 0 Å². The summed E-state index contributed by atoms with van der Waals surface area (Å²) in [6.07, 6.45) is 5.82. The van der Waals surface area contributed by atoms with E-state index in [0.29, 0.717) is 36.9 Å². The largest absolute Gasteiger partial charge is 0.326 e. The molecule has 2 aromatic rings.